The fourth-order valence-electron chi connectivity index (χ4n) is 2.02. The molecule has 0 unspecified atom stereocenters. The number of rotatable bonds is 4. The molecule has 0 aromatic heterocycles. The molecule has 2 amide bonds. The summed E-state index contributed by atoms with van der Waals surface area (Å²) in [5.41, 5.74) is 0.800. The lowest BCUT2D eigenvalue weighted by molar-refractivity contribution is -0.384. The average Bonchev–Trinajstić information content (AvgIpc) is 2.42. The van der Waals surface area contributed by atoms with Crippen molar-refractivity contribution in [1.82, 2.24) is 4.90 Å². The summed E-state index contributed by atoms with van der Waals surface area (Å²) in [5, 5.41) is 13.4. The minimum absolute atomic E-state index is 0.0442. The fraction of sp³-hybridized carbons (Fsp3) is 0.333. The number of nitro groups is 1. The van der Waals surface area contributed by atoms with E-state index < -0.39 is 4.92 Å². The molecule has 1 aliphatic rings. The van der Waals surface area contributed by atoms with Crippen molar-refractivity contribution in [2.24, 2.45) is 0 Å². The van der Waals surface area contributed by atoms with Gasteiger partial charge in [0.05, 0.1) is 11.5 Å². The Hall–Kier alpha value is -2.09. The van der Waals surface area contributed by atoms with E-state index in [4.69, 9.17) is 0 Å². The summed E-state index contributed by atoms with van der Waals surface area (Å²) in [6, 6.07) is 4.59. The van der Waals surface area contributed by atoms with E-state index in [0.717, 1.165) is 16.7 Å². The third kappa shape index (κ3) is 2.74. The first-order valence-corrected chi connectivity index (χ1v) is 6.94. The van der Waals surface area contributed by atoms with Crippen LogP contribution in [0.2, 0.25) is 0 Å². The van der Waals surface area contributed by atoms with Gasteiger partial charge in [-0.05, 0) is 0 Å². The van der Waals surface area contributed by atoms with Gasteiger partial charge in [-0.2, -0.15) is 0 Å². The Morgan fingerprint density at radius 2 is 2.20 bits per heavy atom. The van der Waals surface area contributed by atoms with Crippen LogP contribution in [0.15, 0.2) is 18.2 Å². The van der Waals surface area contributed by atoms with Crippen molar-refractivity contribution in [2.45, 2.75) is 13.0 Å². The predicted octanol–water partition coefficient (Wildman–Crippen LogP) is 2.22. The van der Waals surface area contributed by atoms with Gasteiger partial charge in [-0.3, -0.25) is 24.6 Å². The molecule has 1 fully saturated rings. The second-order valence-electron chi connectivity index (χ2n) is 4.16. The summed E-state index contributed by atoms with van der Waals surface area (Å²) < 4.78 is 0. The molecular formula is C12H13N3O4S. The molecular weight excluding hydrogens is 282 g/mol. The maximum Gasteiger partial charge on any atom is 0.292 e. The van der Waals surface area contributed by atoms with Gasteiger partial charge < -0.3 is 5.32 Å². The first kappa shape index (κ1) is 14.3. The summed E-state index contributed by atoms with van der Waals surface area (Å²) in [6.45, 7) is 0.0442. The van der Waals surface area contributed by atoms with Crippen molar-refractivity contribution in [3.05, 3.63) is 33.9 Å². The third-order valence-electron chi connectivity index (χ3n) is 2.97. The Morgan fingerprint density at radius 1 is 1.45 bits per heavy atom. The normalized spacial score (nSPS) is 15.3. The standard InChI is InChI=1S/C12H13N3O4S/c1-13-11-8(3-2-4-9(11)15(18)19)7-14-10(16)5-6-20-12(14)17/h2-4,13H,5-7H2,1H3. The van der Waals surface area contributed by atoms with E-state index in [1.165, 1.54) is 6.07 Å². The molecule has 0 radical (unpaired) electrons. The highest BCUT2D eigenvalue weighted by Gasteiger charge is 2.28. The maximum absolute atomic E-state index is 11.8. The van der Waals surface area contributed by atoms with Gasteiger partial charge in [0.25, 0.3) is 10.9 Å². The van der Waals surface area contributed by atoms with Crippen molar-refractivity contribution in [3.8, 4) is 0 Å². The van der Waals surface area contributed by atoms with Crippen LogP contribution in [0.5, 0.6) is 0 Å². The number of nitrogens with one attached hydrogen (secondary N) is 1. The first-order chi connectivity index (χ1) is 9.54. The Kier molecular flexibility index (Phi) is 4.23. The number of hydrogen-bond donors (Lipinski definition) is 1. The summed E-state index contributed by atoms with van der Waals surface area (Å²) in [4.78, 5) is 35.1. The number of carbonyl (C=O) groups excluding carboxylic acids is 2. The van der Waals surface area contributed by atoms with Crippen LogP contribution in [-0.2, 0) is 11.3 Å². The zero-order valence-corrected chi connectivity index (χ0v) is 11.6. The molecule has 0 bridgehead atoms. The zero-order chi connectivity index (χ0) is 14.7. The number of para-hydroxylation sites is 1. The molecule has 7 nitrogen and oxygen atoms in total. The molecule has 0 atom stereocenters. The molecule has 106 valence electrons. The lowest BCUT2D eigenvalue weighted by atomic mass is 10.1. The molecule has 8 heteroatoms. The van der Waals surface area contributed by atoms with E-state index in [-0.39, 0.29) is 23.4 Å². The molecule has 1 aromatic carbocycles. The van der Waals surface area contributed by atoms with Gasteiger partial charge in [-0.25, -0.2) is 0 Å². The van der Waals surface area contributed by atoms with Gasteiger partial charge in [0, 0.05) is 30.9 Å². The number of thioether (sulfide) groups is 1. The van der Waals surface area contributed by atoms with Crippen LogP contribution in [0.25, 0.3) is 0 Å². The largest absolute Gasteiger partial charge is 0.382 e. The number of nitro benzene ring substituents is 1. The molecule has 2 rings (SSSR count). The Labute approximate surface area is 119 Å². The molecule has 0 aliphatic carbocycles. The van der Waals surface area contributed by atoms with Crippen LogP contribution < -0.4 is 5.32 Å². The van der Waals surface area contributed by atoms with Crippen LogP contribution in [0.4, 0.5) is 16.2 Å². The van der Waals surface area contributed by atoms with E-state index in [0.29, 0.717) is 23.4 Å². The van der Waals surface area contributed by atoms with Gasteiger partial charge in [-0.15, -0.1) is 0 Å². The van der Waals surface area contributed by atoms with Crippen molar-refractivity contribution >= 4 is 34.3 Å². The van der Waals surface area contributed by atoms with E-state index in [2.05, 4.69) is 5.32 Å². The SMILES string of the molecule is CNc1c(CN2C(=O)CCSC2=O)cccc1[N+](=O)[O-]. The number of imide groups is 1. The Morgan fingerprint density at radius 3 is 2.80 bits per heavy atom. The van der Waals surface area contributed by atoms with Crippen molar-refractivity contribution in [1.29, 1.82) is 0 Å². The van der Waals surface area contributed by atoms with Crippen molar-refractivity contribution in [3.63, 3.8) is 0 Å². The minimum atomic E-state index is -0.496. The highest BCUT2D eigenvalue weighted by atomic mass is 32.2. The molecule has 1 heterocycles. The topological polar surface area (TPSA) is 92.6 Å². The van der Waals surface area contributed by atoms with Crippen LogP contribution in [0, 0.1) is 10.1 Å². The number of amides is 2. The number of carbonyl (C=O) groups is 2. The fourth-order valence-corrected chi connectivity index (χ4v) is 2.80. The predicted molar refractivity (Wildman–Crippen MR) is 75.7 cm³/mol. The van der Waals surface area contributed by atoms with Crippen LogP contribution in [0.3, 0.4) is 0 Å². The monoisotopic (exact) mass is 295 g/mol. The lowest BCUT2D eigenvalue weighted by Crippen LogP contribution is -2.37. The smallest absolute Gasteiger partial charge is 0.292 e. The molecule has 0 spiro atoms. The maximum atomic E-state index is 11.8. The number of nitrogens with zero attached hydrogens (tertiary/aromatic N) is 2. The highest BCUT2D eigenvalue weighted by Crippen LogP contribution is 2.30. The molecule has 1 aliphatic heterocycles. The highest BCUT2D eigenvalue weighted by molar-refractivity contribution is 8.13. The number of anilines is 1. The summed E-state index contributed by atoms with van der Waals surface area (Å²) in [5.74, 6) is 0.240. The minimum Gasteiger partial charge on any atom is -0.382 e. The van der Waals surface area contributed by atoms with Gasteiger partial charge in [0.1, 0.15) is 5.69 Å². The van der Waals surface area contributed by atoms with E-state index in [1.807, 2.05) is 0 Å². The summed E-state index contributed by atoms with van der Waals surface area (Å²) in [7, 11) is 1.57. The van der Waals surface area contributed by atoms with E-state index in [1.54, 1.807) is 19.2 Å². The van der Waals surface area contributed by atoms with Gasteiger partial charge >= 0.3 is 0 Å². The molecule has 1 saturated heterocycles. The van der Waals surface area contributed by atoms with Gasteiger partial charge in [0.2, 0.25) is 5.91 Å². The molecule has 1 N–H and O–H groups in total. The van der Waals surface area contributed by atoms with Crippen LogP contribution in [-0.4, -0.2) is 33.8 Å². The quantitative estimate of drug-likeness (QED) is 0.676. The zero-order valence-electron chi connectivity index (χ0n) is 10.8. The lowest BCUT2D eigenvalue weighted by Gasteiger charge is -2.24. The van der Waals surface area contributed by atoms with Crippen molar-refractivity contribution < 1.29 is 14.5 Å². The van der Waals surface area contributed by atoms with Crippen molar-refractivity contribution in [2.75, 3.05) is 18.1 Å². The second kappa shape index (κ2) is 5.91. The molecule has 1 aromatic rings. The summed E-state index contributed by atoms with van der Waals surface area (Å²) in [6.07, 6.45) is 0.306. The van der Waals surface area contributed by atoms with Crippen LogP contribution in [0.1, 0.15) is 12.0 Å². The van der Waals surface area contributed by atoms with Crippen LogP contribution >= 0.6 is 11.8 Å². The van der Waals surface area contributed by atoms with Gasteiger partial charge in [0.15, 0.2) is 0 Å². The number of benzene rings is 1. The summed E-state index contributed by atoms with van der Waals surface area (Å²) >= 11 is 1.09. The Bertz CT molecular complexity index is 560. The molecule has 20 heavy (non-hydrogen) atoms. The molecule has 0 saturated carbocycles. The second-order valence-corrected chi connectivity index (χ2v) is 5.21. The van der Waals surface area contributed by atoms with Gasteiger partial charge in [-0.1, -0.05) is 23.9 Å². The average molecular weight is 295 g/mol. The van der Waals surface area contributed by atoms with E-state index >= 15 is 0 Å². The third-order valence-corrected chi connectivity index (χ3v) is 3.84. The number of hydrogen-bond acceptors (Lipinski definition) is 6. The Balaban J connectivity index is 2.33. The van der Waals surface area contributed by atoms with E-state index in [9.17, 15) is 19.7 Å². The first-order valence-electron chi connectivity index (χ1n) is 5.95.